The number of morpholine rings is 1. The van der Waals surface area contributed by atoms with Crippen molar-refractivity contribution in [1.82, 2.24) is 4.72 Å². The number of hydrogen-bond donors (Lipinski definition) is 2. The van der Waals surface area contributed by atoms with Crippen molar-refractivity contribution in [3.05, 3.63) is 24.3 Å². The highest BCUT2D eigenvalue weighted by atomic mass is 32.2. The second-order valence-electron chi connectivity index (χ2n) is 9.13. The molecule has 3 rings (SSSR count). The molecule has 0 bridgehead atoms. The van der Waals surface area contributed by atoms with Crippen molar-refractivity contribution in [3.8, 4) is 0 Å². The van der Waals surface area contributed by atoms with Crippen LogP contribution in [0.2, 0.25) is 0 Å². The van der Waals surface area contributed by atoms with E-state index in [1.807, 2.05) is 31.2 Å². The van der Waals surface area contributed by atoms with Crippen LogP contribution in [0.5, 0.6) is 0 Å². The molecule has 3 atom stereocenters. The maximum atomic E-state index is 12.7. The number of anilines is 2. The van der Waals surface area contributed by atoms with E-state index in [0.717, 1.165) is 24.5 Å². The van der Waals surface area contributed by atoms with Crippen molar-refractivity contribution in [2.24, 2.45) is 5.92 Å². The molecule has 0 aromatic heterocycles. The zero-order valence-corrected chi connectivity index (χ0v) is 20.0. The van der Waals surface area contributed by atoms with Crippen LogP contribution in [-0.2, 0) is 19.6 Å². The van der Waals surface area contributed by atoms with Gasteiger partial charge in [-0.05, 0) is 77.1 Å². The Bertz CT molecular complexity index is 825. The fourth-order valence-corrected chi connectivity index (χ4v) is 5.80. The predicted molar refractivity (Wildman–Crippen MR) is 125 cm³/mol. The highest BCUT2D eigenvalue weighted by Crippen LogP contribution is 2.27. The lowest BCUT2D eigenvalue weighted by Gasteiger charge is -2.36. The Kier molecular flexibility index (Phi) is 7.99. The van der Waals surface area contributed by atoms with Gasteiger partial charge >= 0.3 is 0 Å². The maximum absolute atomic E-state index is 12.7. The fourth-order valence-electron chi connectivity index (χ4n) is 4.43. The molecule has 2 aliphatic rings. The highest BCUT2D eigenvalue weighted by Gasteiger charge is 2.30. The van der Waals surface area contributed by atoms with Crippen molar-refractivity contribution in [1.29, 1.82) is 0 Å². The van der Waals surface area contributed by atoms with Crippen molar-refractivity contribution in [2.75, 3.05) is 23.3 Å². The quantitative estimate of drug-likeness (QED) is 0.662. The second kappa shape index (κ2) is 10.3. The number of amides is 1. The van der Waals surface area contributed by atoms with Gasteiger partial charge in [0, 0.05) is 36.4 Å². The van der Waals surface area contributed by atoms with Gasteiger partial charge in [0.15, 0.2) is 0 Å². The van der Waals surface area contributed by atoms with Gasteiger partial charge in [0.05, 0.1) is 17.5 Å². The number of benzene rings is 1. The van der Waals surface area contributed by atoms with E-state index in [2.05, 4.69) is 28.8 Å². The number of nitrogens with one attached hydrogen (secondary N) is 2. The lowest BCUT2D eigenvalue weighted by Crippen LogP contribution is -2.45. The van der Waals surface area contributed by atoms with E-state index in [0.29, 0.717) is 32.1 Å². The minimum absolute atomic E-state index is 0.0181. The number of carbonyl (C=O) groups is 1. The van der Waals surface area contributed by atoms with Gasteiger partial charge in [0.1, 0.15) is 0 Å². The van der Waals surface area contributed by atoms with E-state index in [4.69, 9.17) is 4.74 Å². The molecule has 1 saturated heterocycles. The van der Waals surface area contributed by atoms with E-state index >= 15 is 0 Å². The molecule has 2 fully saturated rings. The van der Waals surface area contributed by atoms with Gasteiger partial charge in [-0.1, -0.05) is 6.92 Å². The molecular formula is C23H37N3O4S. The average Bonchev–Trinajstić information content (AvgIpc) is 2.73. The normalized spacial score (nSPS) is 28.2. The van der Waals surface area contributed by atoms with Crippen molar-refractivity contribution in [3.63, 3.8) is 0 Å². The summed E-state index contributed by atoms with van der Waals surface area (Å²) in [6.07, 6.45) is 3.78. The molecule has 0 spiro atoms. The molecule has 1 aromatic carbocycles. The van der Waals surface area contributed by atoms with E-state index in [1.165, 1.54) is 0 Å². The standard InChI is InChI=1S/C23H37N3O4S/c1-5-18(4)31(28,29)25-21-8-6-19(7-9-21)23(27)24-20-10-12-22(13-11-20)26-14-16(2)30-17(3)15-26/h10-13,16-19,21,25H,5-9,14-15H2,1-4H3,(H,24,27). The van der Waals surface area contributed by atoms with Crippen LogP contribution in [-0.4, -0.2) is 50.9 Å². The molecule has 1 amide bonds. The molecule has 3 unspecified atom stereocenters. The van der Waals surface area contributed by atoms with Crippen LogP contribution in [0.25, 0.3) is 0 Å². The van der Waals surface area contributed by atoms with E-state index in [9.17, 15) is 13.2 Å². The lowest BCUT2D eigenvalue weighted by atomic mass is 9.86. The largest absolute Gasteiger partial charge is 0.372 e. The summed E-state index contributed by atoms with van der Waals surface area (Å²) in [5.74, 6) is -0.0606. The molecular weight excluding hydrogens is 414 g/mol. The Labute approximate surface area is 187 Å². The minimum atomic E-state index is -3.28. The van der Waals surface area contributed by atoms with Gasteiger partial charge in [-0.25, -0.2) is 13.1 Å². The maximum Gasteiger partial charge on any atom is 0.227 e. The molecule has 8 heteroatoms. The molecule has 1 heterocycles. The summed E-state index contributed by atoms with van der Waals surface area (Å²) in [6, 6.07) is 7.91. The summed E-state index contributed by atoms with van der Waals surface area (Å²) in [7, 11) is -3.28. The second-order valence-corrected chi connectivity index (χ2v) is 11.3. The Morgan fingerprint density at radius 1 is 1.10 bits per heavy atom. The number of ether oxygens (including phenoxy) is 1. The van der Waals surface area contributed by atoms with E-state index in [-0.39, 0.29) is 35.3 Å². The predicted octanol–water partition coefficient (Wildman–Crippen LogP) is 3.52. The van der Waals surface area contributed by atoms with Gasteiger partial charge in [-0.3, -0.25) is 4.79 Å². The number of nitrogens with zero attached hydrogens (tertiary/aromatic N) is 1. The summed E-state index contributed by atoms with van der Waals surface area (Å²) < 4.78 is 33.1. The summed E-state index contributed by atoms with van der Waals surface area (Å²) in [5, 5.41) is 2.64. The van der Waals surface area contributed by atoms with E-state index in [1.54, 1.807) is 6.92 Å². The molecule has 7 nitrogen and oxygen atoms in total. The number of carbonyl (C=O) groups excluding carboxylic acids is 1. The Balaban J connectivity index is 1.49. The molecule has 1 saturated carbocycles. The molecule has 31 heavy (non-hydrogen) atoms. The number of sulfonamides is 1. The van der Waals surface area contributed by atoms with E-state index < -0.39 is 10.0 Å². The van der Waals surface area contributed by atoms with Gasteiger partial charge < -0.3 is 15.0 Å². The van der Waals surface area contributed by atoms with Crippen LogP contribution in [0.1, 0.15) is 59.8 Å². The first kappa shape index (κ1) is 24.0. The summed E-state index contributed by atoms with van der Waals surface area (Å²) in [4.78, 5) is 15.0. The first-order valence-electron chi connectivity index (χ1n) is 11.5. The topological polar surface area (TPSA) is 87.7 Å². The molecule has 174 valence electrons. The third-order valence-electron chi connectivity index (χ3n) is 6.45. The van der Waals surface area contributed by atoms with Crippen LogP contribution in [0.4, 0.5) is 11.4 Å². The van der Waals surface area contributed by atoms with Crippen LogP contribution < -0.4 is 14.9 Å². The highest BCUT2D eigenvalue weighted by molar-refractivity contribution is 7.90. The van der Waals surface area contributed by atoms with Crippen LogP contribution in [0, 0.1) is 5.92 Å². The van der Waals surface area contributed by atoms with Crippen LogP contribution in [0.15, 0.2) is 24.3 Å². The zero-order valence-electron chi connectivity index (χ0n) is 19.1. The first-order valence-corrected chi connectivity index (χ1v) is 13.0. The Hall–Kier alpha value is -1.64. The lowest BCUT2D eigenvalue weighted by molar-refractivity contribution is -0.120. The zero-order chi connectivity index (χ0) is 22.6. The van der Waals surface area contributed by atoms with Gasteiger partial charge in [-0.15, -0.1) is 0 Å². The van der Waals surface area contributed by atoms with Gasteiger partial charge in [0.2, 0.25) is 15.9 Å². The first-order chi connectivity index (χ1) is 14.7. The average molecular weight is 452 g/mol. The molecule has 1 aliphatic carbocycles. The van der Waals surface area contributed by atoms with Gasteiger partial charge in [-0.2, -0.15) is 0 Å². The van der Waals surface area contributed by atoms with Crippen LogP contribution >= 0.6 is 0 Å². The SMILES string of the molecule is CCC(C)S(=O)(=O)NC1CCC(C(=O)Nc2ccc(N3CC(C)OC(C)C3)cc2)CC1. The summed E-state index contributed by atoms with van der Waals surface area (Å²) >= 11 is 0. The molecule has 1 aliphatic heterocycles. The third kappa shape index (κ3) is 6.43. The fraction of sp³-hybridized carbons (Fsp3) is 0.696. The number of hydrogen-bond acceptors (Lipinski definition) is 5. The number of rotatable bonds is 7. The summed E-state index contributed by atoms with van der Waals surface area (Å²) in [5.41, 5.74) is 1.93. The van der Waals surface area contributed by atoms with Gasteiger partial charge in [0.25, 0.3) is 0 Å². The van der Waals surface area contributed by atoms with Crippen molar-refractivity contribution in [2.45, 2.75) is 83.3 Å². The minimum Gasteiger partial charge on any atom is -0.372 e. The Morgan fingerprint density at radius 3 is 2.23 bits per heavy atom. The molecule has 1 aromatic rings. The molecule has 2 N–H and O–H groups in total. The third-order valence-corrected chi connectivity index (χ3v) is 8.51. The summed E-state index contributed by atoms with van der Waals surface area (Å²) in [6.45, 7) is 9.50. The monoisotopic (exact) mass is 451 g/mol. The van der Waals surface area contributed by atoms with Crippen LogP contribution in [0.3, 0.4) is 0 Å². The smallest absolute Gasteiger partial charge is 0.227 e. The van der Waals surface area contributed by atoms with Crippen molar-refractivity contribution >= 4 is 27.3 Å². The van der Waals surface area contributed by atoms with Crippen molar-refractivity contribution < 1.29 is 17.9 Å². The Morgan fingerprint density at radius 2 is 1.68 bits per heavy atom. The molecule has 0 radical (unpaired) electrons.